The summed E-state index contributed by atoms with van der Waals surface area (Å²) in [6.07, 6.45) is 1.36. The third-order valence-electron chi connectivity index (χ3n) is 5.03. The van der Waals surface area contributed by atoms with E-state index in [-0.39, 0.29) is 18.2 Å². The van der Waals surface area contributed by atoms with Gasteiger partial charge < -0.3 is 10.1 Å². The molecule has 0 unspecified atom stereocenters. The number of hydrogen-bond donors (Lipinski definition) is 2. The van der Waals surface area contributed by atoms with E-state index >= 15 is 0 Å². The van der Waals surface area contributed by atoms with Gasteiger partial charge in [-0.25, -0.2) is 10.2 Å². The Morgan fingerprint density at radius 2 is 1.71 bits per heavy atom. The lowest BCUT2D eigenvalue weighted by Gasteiger charge is -2.07. The molecule has 176 valence electrons. The fraction of sp³-hybridized carbons (Fsp3) is 0.0769. The van der Waals surface area contributed by atoms with Crippen LogP contribution in [0.2, 0.25) is 5.02 Å². The Balaban J connectivity index is 1.37. The molecule has 7 nitrogen and oxygen atoms in total. The van der Waals surface area contributed by atoms with Crippen LogP contribution >= 0.6 is 22.9 Å². The highest BCUT2D eigenvalue weighted by Gasteiger charge is 2.19. The van der Waals surface area contributed by atoms with Gasteiger partial charge in [0.1, 0.15) is 10.6 Å². The summed E-state index contributed by atoms with van der Waals surface area (Å²) in [6, 6.07) is 21.3. The average molecular weight is 506 g/mol. The number of aryl methyl sites for hydroxylation is 1. The van der Waals surface area contributed by atoms with Crippen molar-refractivity contribution in [3.8, 4) is 5.75 Å². The largest absolute Gasteiger partial charge is 0.422 e. The third-order valence-corrected chi connectivity index (χ3v) is 6.69. The van der Waals surface area contributed by atoms with Crippen molar-refractivity contribution in [1.82, 2.24) is 10.7 Å². The van der Waals surface area contributed by atoms with Crippen molar-refractivity contribution >= 4 is 57.0 Å². The summed E-state index contributed by atoms with van der Waals surface area (Å²) in [5.41, 5.74) is 4.13. The summed E-state index contributed by atoms with van der Waals surface area (Å²) in [7, 11) is 0. The van der Waals surface area contributed by atoms with Gasteiger partial charge in [0.2, 0.25) is 0 Å². The van der Waals surface area contributed by atoms with Crippen LogP contribution in [0.1, 0.15) is 31.2 Å². The Kier molecular flexibility index (Phi) is 7.54. The van der Waals surface area contributed by atoms with E-state index in [1.54, 1.807) is 36.4 Å². The normalized spacial score (nSPS) is 10.9. The smallest absolute Gasteiger partial charge is 0.355 e. The molecule has 0 saturated carbocycles. The van der Waals surface area contributed by atoms with Crippen LogP contribution < -0.4 is 15.5 Å². The summed E-state index contributed by atoms with van der Waals surface area (Å²) in [5, 5.41) is 7.61. The minimum absolute atomic E-state index is 0.244. The minimum Gasteiger partial charge on any atom is -0.422 e. The second-order valence-corrected chi connectivity index (χ2v) is 8.89. The van der Waals surface area contributed by atoms with Crippen molar-refractivity contribution in [2.24, 2.45) is 5.10 Å². The molecule has 0 saturated heterocycles. The number of benzene rings is 3. The van der Waals surface area contributed by atoms with Crippen LogP contribution in [0.3, 0.4) is 0 Å². The van der Waals surface area contributed by atoms with Gasteiger partial charge >= 0.3 is 5.97 Å². The molecule has 4 aromatic rings. The van der Waals surface area contributed by atoms with Crippen LogP contribution in [0.25, 0.3) is 10.1 Å². The van der Waals surface area contributed by atoms with Gasteiger partial charge in [0.25, 0.3) is 11.8 Å². The van der Waals surface area contributed by atoms with E-state index in [0.29, 0.717) is 21.0 Å². The molecule has 0 bridgehead atoms. The van der Waals surface area contributed by atoms with E-state index in [9.17, 15) is 14.4 Å². The van der Waals surface area contributed by atoms with Gasteiger partial charge in [-0.15, -0.1) is 11.3 Å². The predicted molar refractivity (Wildman–Crippen MR) is 137 cm³/mol. The summed E-state index contributed by atoms with van der Waals surface area (Å²) < 4.78 is 6.45. The number of ether oxygens (including phenoxy) is 1. The molecule has 0 aliphatic heterocycles. The Bertz CT molecular complexity index is 1450. The number of nitrogens with one attached hydrogen (secondary N) is 2. The highest BCUT2D eigenvalue weighted by Crippen LogP contribution is 2.36. The van der Waals surface area contributed by atoms with Crippen molar-refractivity contribution in [2.75, 3.05) is 6.54 Å². The topological polar surface area (TPSA) is 96.9 Å². The Hall–Kier alpha value is -4.01. The lowest BCUT2D eigenvalue weighted by molar-refractivity contribution is -0.120. The fourth-order valence-electron chi connectivity index (χ4n) is 3.27. The lowest BCUT2D eigenvalue weighted by atomic mass is 10.1. The molecule has 0 aliphatic carbocycles. The van der Waals surface area contributed by atoms with Gasteiger partial charge in [0.05, 0.1) is 17.8 Å². The molecule has 0 fully saturated rings. The maximum Gasteiger partial charge on any atom is 0.355 e. The first kappa shape index (κ1) is 24.1. The zero-order chi connectivity index (χ0) is 24.8. The Morgan fingerprint density at radius 1 is 1.00 bits per heavy atom. The molecule has 4 rings (SSSR count). The number of hydrogen-bond acceptors (Lipinski definition) is 6. The second-order valence-electron chi connectivity index (χ2n) is 7.46. The molecule has 2 amide bonds. The van der Waals surface area contributed by atoms with E-state index in [4.69, 9.17) is 16.3 Å². The molecule has 0 radical (unpaired) electrons. The van der Waals surface area contributed by atoms with Gasteiger partial charge in [-0.05, 0) is 36.8 Å². The highest BCUT2D eigenvalue weighted by molar-refractivity contribution is 7.21. The molecule has 9 heteroatoms. The van der Waals surface area contributed by atoms with Crippen molar-refractivity contribution in [1.29, 1.82) is 0 Å². The van der Waals surface area contributed by atoms with Crippen LogP contribution in [-0.2, 0) is 4.79 Å². The zero-order valence-electron chi connectivity index (χ0n) is 18.6. The molecular formula is C26H20ClN3O4S. The lowest BCUT2D eigenvalue weighted by Crippen LogP contribution is -2.35. The summed E-state index contributed by atoms with van der Waals surface area (Å²) in [6.45, 7) is 1.57. The van der Waals surface area contributed by atoms with E-state index < -0.39 is 11.9 Å². The molecular weight excluding hydrogens is 486 g/mol. The number of para-hydroxylation sites is 1. The number of thiophene rings is 1. The van der Waals surface area contributed by atoms with Gasteiger partial charge in [-0.2, -0.15) is 5.10 Å². The van der Waals surface area contributed by atoms with E-state index in [1.165, 1.54) is 17.6 Å². The number of fused-ring (bicyclic) bond motifs is 1. The third kappa shape index (κ3) is 5.74. The summed E-state index contributed by atoms with van der Waals surface area (Å²) in [4.78, 5) is 37.4. The van der Waals surface area contributed by atoms with Crippen LogP contribution in [0, 0.1) is 6.92 Å². The molecule has 0 aliphatic rings. The van der Waals surface area contributed by atoms with Crippen LogP contribution in [0.4, 0.5) is 0 Å². The number of nitrogens with zero attached hydrogens (tertiary/aromatic N) is 1. The quantitative estimate of drug-likeness (QED) is 0.160. The SMILES string of the molecule is Cc1ccccc1C(=O)NCC(=O)NN=Cc1ccccc1OC(=O)c1sc2ccccc2c1Cl. The number of amides is 2. The van der Waals surface area contributed by atoms with Gasteiger partial charge in [-0.1, -0.05) is 60.1 Å². The summed E-state index contributed by atoms with van der Waals surface area (Å²) >= 11 is 7.64. The number of rotatable bonds is 7. The number of hydrazone groups is 1. The molecule has 3 aromatic carbocycles. The van der Waals surface area contributed by atoms with Crippen molar-refractivity contribution in [2.45, 2.75) is 6.92 Å². The van der Waals surface area contributed by atoms with Gasteiger partial charge in [0.15, 0.2) is 0 Å². The maximum absolute atomic E-state index is 12.8. The Morgan fingerprint density at radius 3 is 2.51 bits per heavy atom. The summed E-state index contributed by atoms with van der Waals surface area (Å²) in [5.74, 6) is -1.18. The highest BCUT2D eigenvalue weighted by atomic mass is 35.5. The van der Waals surface area contributed by atoms with Crippen LogP contribution in [0.15, 0.2) is 77.9 Å². The second kappa shape index (κ2) is 10.9. The van der Waals surface area contributed by atoms with Crippen molar-refractivity contribution in [3.63, 3.8) is 0 Å². The fourth-order valence-corrected chi connectivity index (χ4v) is 4.65. The number of carbonyl (C=O) groups is 3. The monoisotopic (exact) mass is 505 g/mol. The first-order valence-corrected chi connectivity index (χ1v) is 11.8. The van der Waals surface area contributed by atoms with Gasteiger partial charge in [-0.3, -0.25) is 9.59 Å². The first-order chi connectivity index (χ1) is 16.9. The molecule has 35 heavy (non-hydrogen) atoms. The zero-order valence-corrected chi connectivity index (χ0v) is 20.2. The standard InChI is InChI=1S/C26H20ClN3O4S/c1-16-8-2-4-10-18(16)25(32)28-15-22(31)30-29-14-17-9-3-6-12-20(17)34-26(33)24-23(27)19-11-5-7-13-21(19)35-24/h2-14H,15H2,1H3,(H,28,32)(H,30,31). The molecule has 0 atom stereocenters. The van der Waals surface area contributed by atoms with Crippen molar-refractivity contribution in [3.05, 3.63) is 99.4 Å². The molecule has 1 aromatic heterocycles. The number of esters is 1. The molecule has 0 spiro atoms. The number of carbonyl (C=O) groups excluding carboxylic acids is 3. The van der Waals surface area contributed by atoms with Crippen LogP contribution in [0.5, 0.6) is 5.75 Å². The number of halogens is 1. The first-order valence-electron chi connectivity index (χ1n) is 10.6. The maximum atomic E-state index is 12.8. The van der Waals surface area contributed by atoms with Crippen LogP contribution in [-0.4, -0.2) is 30.5 Å². The predicted octanol–water partition coefficient (Wildman–Crippen LogP) is 4.96. The minimum atomic E-state index is -0.583. The van der Waals surface area contributed by atoms with Gasteiger partial charge in [0, 0.05) is 21.2 Å². The van der Waals surface area contributed by atoms with E-state index in [1.807, 2.05) is 43.3 Å². The van der Waals surface area contributed by atoms with E-state index in [0.717, 1.165) is 15.6 Å². The Labute approximate surface area is 210 Å². The average Bonchev–Trinajstić information content (AvgIpc) is 3.20. The molecule has 1 heterocycles. The van der Waals surface area contributed by atoms with E-state index in [2.05, 4.69) is 15.8 Å². The van der Waals surface area contributed by atoms with Crippen molar-refractivity contribution < 1.29 is 19.1 Å². The molecule has 2 N–H and O–H groups in total.